The number of piperidine rings is 1. The molecule has 5 heteroatoms. The van der Waals surface area contributed by atoms with Gasteiger partial charge in [-0.2, -0.15) is 0 Å². The van der Waals surface area contributed by atoms with E-state index >= 15 is 0 Å². The third-order valence-electron chi connectivity index (χ3n) is 2.46. The predicted octanol–water partition coefficient (Wildman–Crippen LogP) is 2.23. The largest absolute Gasteiger partial charge is 0.444 e. The van der Waals surface area contributed by atoms with Gasteiger partial charge in [0.05, 0.1) is 6.61 Å². The van der Waals surface area contributed by atoms with Crippen molar-refractivity contribution in [2.75, 3.05) is 19.7 Å². The highest BCUT2D eigenvalue weighted by molar-refractivity contribution is 5.68. The maximum atomic E-state index is 13.2. The molecule has 0 aliphatic carbocycles. The molecule has 17 heavy (non-hydrogen) atoms. The lowest BCUT2D eigenvalue weighted by atomic mass is 10.0. The lowest BCUT2D eigenvalue weighted by molar-refractivity contribution is 0.0244. The molecule has 0 aromatic heterocycles. The van der Waals surface area contributed by atoms with Crippen molar-refractivity contribution in [3.05, 3.63) is 11.4 Å². The summed E-state index contributed by atoms with van der Waals surface area (Å²) in [6.45, 7) is 5.55. The summed E-state index contributed by atoms with van der Waals surface area (Å²) < 4.78 is 18.5. The second kappa shape index (κ2) is 5.49. The molecule has 0 bridgehead atoms. The Morgan fingerprint density at radius 2 is 2.18 bits per heavy atom. The summed E-state index contributed by atoms with van der Waals surface area (Å²) in [4.78, 5) is 13.2. The van der Waals surface area contributed by atoms with Gasteiger partial charge in [0, 0.05) is 13.1 Å². The topological polar surface area (TPSA) is 49.8 Å². The van der Waals surface area contributed by atoms with Gasteiger partial charge in [-0.1, -0.05) is 0 Å². The van der Waals surface area contributed by atoms with Crippen LogP contribution in [0.2, 0.25) is 0 Å². The molecule has 0 radical (unpaired) electrons. The zero-order valence-corrected chi connectivity index (χ0v) is 10.6. The zero-order valence-electron chi connectivity index (χ0n) is 10.6. The molecule has 98 valence electrons. The standard InChI is InChI=1S/C12H20FNO3/c1-12(2,3)17-11(16)14-6-4-5-9(7-14)10(13)8-15/h15H,4-8H2,1-3H3/b10-9+. The number of hydrogen-bond acceptors (Lipinski definition) is 3. The van der Waals surface area contributed by atoms with Crippen LogP contribution in [0.15, 0.2) is 11.4 Å². The molecular weight excluding hydrogens is 225 g/mol. The number of likely N-dealkylation sites (tertiary alicyclic amines) is 1. The van der Waals surface area contributed by atoms with Gasteiger partial charge in [-0.3, -0.25) is 0 Å². The highest BCUT2D eigenvalue weighted by atomic mass is 19.1. The Kier molecular flexibility index (Phi) is 4.51. The van der Waals surface area contributed by atoms with Crippen LogP contribution in [0.4, 0.5) is 9.18 Å². The number of carbonyl (C=O) groups is 1. The number of aliphatic hydroxyl groups is 1. The molecule has 0 aromatic carbocycles. The first kappa shape index (κ1) is 14.0. The van der Waals surface area contributed by atoms with E-state index in [9.17, 15) is 9.18 Å². The first-order valence-electron chi connectivity index (χ1n) is 5.78. The summed E-state index contributed by atoms with van der Waals surface area (Å²) >= 11 is 0. The highest BCUT2D eigenvalue weighted by Crippen LogP contribution is 2.21. The minimum Gasteiger partial charge on any atom is -0.444 e. The van der Waals surface area contributed by atoms with Crippen LogP contribution in [0.5, 0.6) is 0 Å². The van der Waals surface area contributed by atoms with E-state index in [1.54, 1.807) is 20.8 Å². The van der Waals surface area contributed by atoms with E-state index in [4.69, 9.17) is 9.84 Å². The summed E-state index contributed by atoms with van der Waals surface area (Å²) in [5, 5.41) is 8.73. The summed E-state index contributed by atoms with van der Waals surface area (Å²) in [6.07, 6.45) is 0.855. The monoisotopic (exact) mass is 245 g/mol. The fraction of sp³-hybridized carbons (Fsp3) is 0.750. The molecule has 1 fully saturated rings. The van der Waals surface area contributed by atoms with E-state index in [1.165, 1.54) is 4.90 Å². The van der Waals surface area contributed by atoms with Crippen LogP contribution in [0, 0.1) is 0 Å². The Morgan fingerprint density at radius 3 is 2.71 bits per heavy atom. The van der Waals surface area contributed by atoms with E-state index in [1.807, 2.05) is 0 Å². The average molecular weight is 245 g/mol. The van der Waals surface area contributed by atoms with Gasteiger partial charge in [-0.15, -0.1) is 0 Å². The molecule has 0 atom stereocenters. The number of halogens is 1. The van der Waals surface area contributed by atoms with Gasteiger partial charge in [0.1, 0.15) is 11.4 Å². The molecule has 1 amide bonds. The third kappa shape index (κ3) is 4.34. The van der Waals surface area contributed by atoms with Crippen LogP contribution in [0.25, 0.3) is 0 Å². The minimum atomic E-state index is -0.600. The lowest BCUT2D eigenvalue weighted by Crippen LogP contribution is -2.40. The number of nitrogens with zero attached hydrogens (tertiary/aromatic N) is 1. The van der Waals surface area contributed by atoms with Crippen LogP contribution in [-0.4, -0.2) is 41.4 Å². The van der Waals surface area contributed by atoms with Gasteiger partial charge in [-0.05, 0) is 39.2 Å². The maximum absolute atomic E-state index is 13.2. The Morgan fingerprint density at radius 1 is 1.53 bits per heavy atom. The van der Waals surface area contributed by atoms with Crippen molar-refractivity contribution in [1.29, 1.82) is 0 Å². The summed E-state index contributed by atoms with van der Waals surface area (Å²) in [5.41, 5.74) is -0.0573. The molecule has 4 nitrogen and oxygen atoms in total. The van der Waals surface area contributed by atoms with E-state index in [2.05, 4.69) is 0 Å². The lowest BCUT2D eigenvalue weighted by Gasteiger charge is -2.31. The van der Waals surface area contributed by atoms with E-state index in [-0.39, 0.29) is 6.54 Å². The zero-order chi connectivity index (χ0) is 13.1. The number of amides is 1. The fourth-order valence-corrected chi connectivity index (χ4v) is 1.69. The van der Waals surface area contributed by atoms with Crippen LogP contribution in [0.3, 0.4) is 0 Å². The Hall–Kier alpha value is -1.10. The maximum Gasteiger partial charge on any atom is 0.410 e. The van der Waals surface area contributed by atoms with Crippen LogP contribution < -0.4 is 0 Å². The molecule has 1 N–H and O–H groups in total. The van der Waals surface area contributed by atoms with Crippen molar-refractivity contribution >= 4 is 6.09 Å². The molecule has 0 unspecified atom stereocenters. The van der Waals surface area contributed by atoms with Crippen molar-refractivity contribution in [1.82, 2.24) is 4.90 Å². The van der Waals surface area contributed by atoms with Crippen molar-refractivity contribution in [3.63, 3.8) is 0 Å². The molecule has 1 saturated heterocycles. The Labute approximate surface area is 101 Å². The van der Waals surface area contributed by atoms with Crippen molar-refractivity contribution in [3.8, 4) is 0 Å². The minimum absolute atomic E-state index is 0.210. The van der Waals surface area contributed by atoms with Crippen molar-refractivity contribution in [2.24, 2.45) is 0 Å². The normalized spacial score (nSPS) is 20.2. The molecule has 0 aromatic rings. The summed E-state index contributed by atoms with van der Waals surface area (Å²) in [5.74, 6) is -0.529. The number of ether oxygens (including phenoxy) is 1. The van der Waals surface area contributed by atoms with Crippen LogP contribution in [-0.2, 0) is 4.74 Å². The molecule has 1 aliphatic heterocycles. The molecule has 0 spiro atoms. The molecule has 1 aliphatic rings. The van der Waals surface area contributed by atoms with E-state index in [0.29, 0.717) is 25.0 Å². The summed E-state index contributed by atoms with van der Waals surface area (Å²) in [7, 11) is 0. The van der Waals surface area contributed by atoms with Crippen LogP contribution >= 0.6 is 0 Å². The van der Waals surface area contributed by atoms with Crippen molar-refractivity contribution < 1.29 is 19.0 Å². The number of carbonyl (C=O) groups excluding carboxylic acids is 1. The second-order valence-corrected chi connectivity index (χ2v) is 5.17. The van der Waals surface area contributed by atoms with Gasteiger partial charge in [-0.25, -0.2) is 9.18 Å². The number of rotatable bonds is 1. The van der Waals surface area contributed by atoms with Gasteiger partial charge >= 0.3 is 6.09 Å². The second-order valence-electron chi connectivity index (χ2n) is 5.17. The van der Waals surface area contributed by atoms with E-state index < -0.39 is 24.1 Å². The average Bonchev–Trinajstić information content (AvgIpc) is 2.26. The smallest absolute Gasteiger partial charge is 0.410 e. The van der Waals surface area contributed by atoms with Gasteiger partial charge in [0.2, 0.25) is 0 Å². The fourth-order valence-electron chi connectivity index (χ4n) is 1.69. The predicted molar refractivity (Wildman–Crippen MR) is 62.3 cm³/mol. The number of aliphatic hydroxyl groups excluding tert-OH is 1. The van der Waals surface area contributed by atoms with Gasteiger partial charge in [0.25, 0.3) is 0 Å². The Balaban J connectivity index is 2.64. The molecular formula is C12H20FNO3. The van der Waals surface area contributed by atoms with Gasteiger partial charge in [0.15, 0.2) is 0 Å². The Bertz CT molecular complexity index is 320. The first-order valence-corrected chi connectivity index (χ1v) is 5.78. The quantitative estimate of drug-likeness (QED) is 0.770. The molecule has 1 rings (SSSR count). The summed E-state index contributed by atoms with van der Waals surface area (Å²) in [6, 6.07) is 0. The third-order valence-corrected chi connectivity index (χ3v) is 2.46. The number of hydrogen-bond donors (Lipinski definition) is 1. The molecule has 0 saturated carbocycles. The van der Waals surface area contributed by atoms with E-state index in [0.717, 1.165) is 0 Å². The van der Waals surface area contributed by atoms with Crippen molar-refractivity contribution in [2.45, 2.75) is 39.2 Å². The van der Waals surface area contributed by atoms with Crippen LogP contribution in [0.1, 0.15) is 33.6 Å². The first-order chi connectivity index (χ1) is 7.83. The van der Waals surface area contributed by atoms with Gasteiger partial charge < -0.3 is 14.7 Å². The molecule has 1 heterocycles. The highest BCUT2D eigenvalue weighted by Gasteiger charge is 2.26. The SMILES string of the molecule is CC(C)(C)OC(=O)N1CCC/C(=C(\F)CO)C1.